The van der Waals surface area contributed by atoms with Gasteiger partial charge in [-0.05, 0) is 65.7 Å². The number of rotatable bonds is 5. The van der Waals surface area contributed by atoms with Gasteiger partial charge in [0.2, 0.25) is 5.91 Å². The lowest BCUT2D eigenvalue weighted by Crippen LogP contribution is -2.55. The molecule has 1 aromatic carbocycles. The summed E-state index contributed by atoms with van der Waals surface area (Å²) in [5, 5.41) is 9.59. The second-order valence-electron chi connectivity index (χ2n) is 10.4. The third kappa shape index (κ3) is 4.74. The monoisotopic (exact) mass is 500 g/mol. The molecule has 1 atom stereocenters. The van der Waals surface area contributed by atoms with Crippen LogP contribution >= 0.6 is 0 Å². The number of oxime groups is 1. The normalized spacial score (nSPS) is 22.5. The van der Waals surface area contributed by atoms with E-state index in [4.69, 9.17) is 14.3 Å². The fraction of sp³-hybridized carbons (Fsp3) is 0.560. The third-order valence-electron chi connectivity index (χ3n) is 6.65. The molecule has 0 radical (unpaired) electrons. The Morgan fingerprint density at radius 3 is 2.75 bits per heavy atom. The molecule has 0 aliphatic carbocycles. The smallest absolute Gasteiger partial charge is 0.321 e. The Morgan fingerprint density at radius 2 is 2.03 bits per heavy atom. The summed E-state index contributed by atoms with van der Waals surface area (Å²) < 4.78 is 10.8. The van der Waals surface area contributed by atoms with Gasteiger partial charge in [-0.3, -0.25) is 19.2 Å². The van der Waals surface area contributed by atoms with Crippen LogP contribution in [0.3, 0.4) is 0 Å². The van der Waals surface area contributed by atoms with Crippen LogP contribution in [0.5, 0.6) is 5.75 Å². The van der Waals surface area contributed by atoms with Gasteiger partial charge in [0.25, 0.3) is 11.8 Å². The molecule has 0 aromatic heterocycles. The molecule has 1 spiro atoms. The number of anilines is 2. The van der Waals surface area contributed by atoms with Crippen LogP contribution in [0.25, 0.3) is 0 Å². The fourth-order valence-electron chi connectivity index (χ4n) is 4.52. The van der Waals surface area contributed by atoms with Gasteiger partial charge in [0, 0.05) is 18.7 Å². The van der Waals surface area contributed by atoms with Crippen molar-refractivity contribution in [3.63, 3.8) is 0 Å². The quantitative estimate of drug-likeness (QED) is 0.468. The second kappa shape index (κ2) is 9.11. The maximum atomic E-state index is 13.1. The van der Waals surface area contributed by atoms with Crippen LogP contribution in [-0.4, -0.2) is 65.2 Å². The third-order valence-corrected chi connectivity index (χ3v) is 6.65. The van der Waals surface area contributed by atoms with E-state index in [-0.39, 0.29) is 37.1 Å². The summed E-state index contributed by atoms with van der Waals surface area (Å²) in [4.78, 5) is 57.9. The van der Waals surface area contributed by atoms with Gasteiger partial charge in [0.1, 0.15) is 16.9 Å². The zero-order valence-electron chi connectivity index (χ0n) is 21.2. The van der Waals surface area contributed by atoms with Crippen LogP contribution in [0.1, 0.15) is 53.9 Å². The van der Waals surface area contributed by atoms with E-state index in [9.17, 15) is 19.2 Å². The molecule has 1 aromatic rings. The van der Waals surface area contributed by atoms with E-state index in [1.54, 1.807) is 57.7 Å². The number of hydrogen-bond acceptors (Lipinski definition) is 8. The van der Waals surface area contributed by atoms with Crippen LogP contribution < -0.4 is 15.4 Å². The van der Waals surface area contributed by atoms with Gasteiger partial charge < -0.3 is 29.8 Å². The van der Waals surface area contributed by atoms with Crippen molar-refractivity contribution in [1.82, 2.24) is 4.90 Å². The number of carbonyl (C=O) groups excluding carboxylic acids is 4. The van der Waals surface area contributed by atoms with Crippen molar-refractivity contribution >= 4 is 40.8 Å². The highest BCUT2D eigenvalue weighted by molar-refractivity contribution is 6.43. The Morgan fingerprint density at radius 1 is 1.28 bits per heavy atom. The molecule has 3 aliphatic heterocycles. The first-order chi connectivity index (χ1) is 16.9. The van der Waals surface area contributed by atoms with Crippen LogP contribution in [0, 0.1) is 5.41 Å². The summed E-state index contributed by atoms with van der Waals surface area (Å²) in [6, 6.07) is 4.97. The minimum Gasteiger partial charge on any atom is -0.476 e. The van der Waals surface area contributed by atoms with E-state index in [0.29, 0.717) is 36.5 Å². The highest BCUT2D eigenvalue weighted by Gasteiger charge is 2.49. The van der Waals surface area contributed by atoms with E-state index in [2.05, 4.69) is 15.8 Å². The van der Waals surface area contributed by atoms with Crippen molar-refractivity contribution in [3.8, 4) is 5.75 Å². The van der Waals surface area contributed by atoms with Crippen molar-refractivity contribution < 1.29 is 33.5 Å². The van der Waals surface area contributed by atoms with Gasteiger partial charge in [0.05, 0.1) is 18.8 Å². The van der Waals surface area contributed by atoms with Crippen molar-refractivity contribution in [2.24, 2.45) is 10.6 Å². The van der Waals surface area contributed by atoms with Gasteiger partial charge in [0.15, 0.2) is 11.2 Å². The molecular weight excluding hydrogens is 468 g/mol. The number of amides is 3. The Kier molecular flexibility index (Phi) is 6.44. The van der Waals surface area contributed by atoms with Crippen LogP contribution in [0.15, 0.2) is 23.4 Å². The van der Waals surface area contributed by atoms with E-state index in [1.807, 2.05) is 0 Å². The first-order valence-electron chi connectivity index (χ1n) is 12.0. The van der Waals surface area contributed by atoms with E-state index >= 15 is 0 Å². The van der Waals surface area contributed by atoms with Crippen LogP contribution in [0.4, 0.5) is 11.4 Å². The number of ether oxygens (including phenoxy) is 2. The van der Waals surface area contributed by atoms with Crippen molar-refractivity contribution in [2.45, 2.75) is 65.1 Å². The number of esters is 1. The largest absolute Gasteiger partial charge is 0.476 e. The zero-order valence-corrected chi connectivity index (χ0v) is 21.2. The molecule has 1 fully saturated rings. The summed E-state index contributed by atoms with van der Waals surface area (Å²) in [6.07, 6.45) is 1.49. The predicted molar refractivity (Wildman–Crippen MR) is 131 cm³/mol. The number of benzene rings is 1. The highest BCUT2D eigenvalue weighted by atomic mass is 16.7. The summed E-state index contributed by atoms with van der Waals surface area (Å²) in [6.45, 7) is 9.02. The number of nitrogens with one attached hydrogen (secondary N) is 2. The molecule has 2 N–H and O–H groups in total. The molecule has 3 heterocycles. The van der Waals surface area contributed by atoms with Crippen LogP contribution in [-0.2, 0) is 28.8 Å². The van der Waals surface area contributed by atoms with Crippen LogP contribution in [0.2, 0.25) is 0 Å². The lowest BCUT2D eigenvalue weighted by atomic mass is 9.85. The molecule has 3 aliphatic rings. The lowest BCUT2D eigenvalue weighted by molar-refractivity contribution is -0.166. The number of nitrogens with zero attached hydrogens (tertiary/aromatic N) is 2. The number of hydrogen-bond donors (Lipinski definition) is 2. The van der Waals surface area contributed by atoms with E-state index in [0.717, 1.165) is 0 Å². The zero-order chi connectivity index (χ0) is 26.3. The molecule has 0 saturated carbocycles. The number of likely N-dealkylation sites (tertiary alicyclic amines) is 1. The number of piperidine rings is 1. The van der Waals surface area contributed by atoms with Gasteiger partial charge in [-0.1, -0.05) is 5.16 Å². The lowest BCUT2D eigenvalue weighted by Gasteiger charge is -2.40. The van der Waals surface area contributed by atoms with Gasteiger partial charge in [-0.2, -0.15) is 0 Å². The van der Waals surface area contributed by atoms with Crippen molar-refractivity contribution in [2.75, 3.05) is 30.3 Å². The molecular formula is C25H32N4O7. The van der Waals surface area contributed by atoms with Crippen molar-refractivity contribution in [1.29, 1.82) is 0 Å². The maximum Gasteiger partial charge on any atom is 0.321 e. The van der Waals surface area contributed by atoms with Gasteiger partial charge in [-0.25, -0.2) is 0 Å². The maximum absolute atomic E-state index is 13.1. The Bertz CT molecular complexity index is 1140. The number of fused-ring (bicyclic) bond motifs is 1. The summed E-state index contributed by atoms with van der Waals surface area (Å²) in [5.41, 5.74) is -2.01. The molecule has 11 heteroatoms. The molecule has 3 amide bonds. The summed E-state index contributed by atoms with van der Waals surface area (Å²) in [7, 11) is 0. The molecule has 11 nitrogen and oxygen atoms in total. The fourth-order valence-corrected chi connectivity index (χ4v) is 4.52. The molecule has 0 bridgehead atoms. The van der Waals surface area contributed by atoms with Crippen molar-refractivity contribution in [3.05, 3.63) is 18.2 Å². The second-order valence-corrected chi connectivity index (χ2v) is 10.4. The molecule has 36 heavy (non-hydrogen) atoms. The first-order valence-corrected chi connectivity index (χ1v) is 12.0. The Balaban J connectivity index is 1.40. The molecule has 1 saturated heterocycles. The first kappa shape index (κ1) is 25.5. The predicted octanol–water partition coefficient (Wildman–Crippen LogP) is 2.46. The average molecular weight is 501 g/mol. The molecule has 194 valence electrons. The minimum atomic E-state index is -1.32. The van der Waals surface area contributed by atoms with E-state index in [1.165, 1.54) is 0 Å². The van der Waals surface area contributed by atoms with Gasteiger partial charge >= 0.3 is 5.97 Å². The summed E-state index contributed by atoms with van der Waals surface area (Å²) >= 11 is 0. The Labute approximate surface area is 209 Å². The number of carbonyl (C=O) groups is 4. The Hall–Kier alpha value is -3.63. The molecule has 4 rings (SSSR count). The topological polar surface area (TPSA) is 136 Å². The average Bonchev–Trinajstić information content (AvgIpc) is 3.22. The summed E-state index contributed by atoms with van der Waals surface area (Å²) in [5.74, 6) is -1.13. The minimum absolute atomic E-state index is 0.191. The molecule has 1 unspecified atom stereocenters. The highest BCUT2D eigenvalue weighted by Crippen LogP contribution is 2.37. The van der Waals surface area contributed by atoms with E-state index < -0.39 is 28.5 Å². The standard InChI is InChI=1S/C25H32N4O7/c1-6-34-22(33)23(2,3)21(32)29-11-7-10-25(14-29)13-17(28-36-25)19(30)26-15-8-9-18-16(12-15)27-20(31)24(4,5)35-18/h8-9,12H,6-7,10-11,13-14H2,1-5H3,(H,26,30)(H,27,31). The SMILES string of the molecule is CCOC(=O)C(C)(C)C(=O)N1CCCC2(CC(C(=O)Nc3ccc4c(c3)NC(=O)C(C)(C)O4)=NO2)C1. The van der Waals surface area contributed by atoms with Gasteiger partial charge in [-0.15, -0.1) is 0 Å².